The number of hydrogen-bond donors (Lipinski definition) is 3. The SMILES string of the molecule is CC(=O)Nc1ccccc1C(=O)N[C@@H](C(=O)O)C(c1ccccc1)c1ccccc1. The smallest absolute Gasteiger partial charge is 0.327 e. The molecule has 0 aromatic heterocycles. The minimum atomic E-state index is -1.22. The molecule has 6 nitrogen and oxygen atoms in total. The quantitative estimate of drug-likeness (QED) is 0.562. The van der Waals surface area contributed by atoms with Crippen LogP contribution in [0.4, 0.5) is 5.69 Å². The molecule has 0 radical (unpaired) electrons. The van der Waals surface area contributed by atoms with Crippen LogP contribution in [0.5, 0.6) is 0 Å². The number of amides is 2. The number of carbonyl (C=O) groups excluding carboxylic acids is 2. The summed E-state index contributed by atoms with van der Waals surface area (Å²) in [5.41, 5.74) is 2.06. The van der Waals surface area contributed by atoms with Crippen LogP contribution in [-0.4, -0.2) is 28.9 Å². The van der Waals surface area contributed by atoms with Crippen LogP contribution in [0, 0.1) is 0 Å². The summed E-state index contributed by atoms with van der Waals surface area (Å²) < 4.78 is 0. The first-order valence-electron chi connectivity index (χ1n) is 9.47. The highest BCUT2D eigenvalue weighted by Crippen LogP contribution is 2.29. The molecule has 3 aromatic rings. The van der Waals surface area contributed by atoms with E-state index in [1.54, 1.807) is 24.3 Å². The minimum Gasteiger partial charge on any atom is -0.480 e. The summed E-state index contributed by atoms with van der Waals surface area (Å²) in [6, 6.07) is 23.6. The Kier molecular flexibility index (Phi) is 6.60. The fraction of sp³-hybridized carbons (Fsp3) is 0.125. The number of carboxylic acid groups (broad SMARTS) is 1. The maximum atomic E-state index is 13.0. The van der Waals surface area contributed by atoms with Crippen LogP contribution in [0.15, 0.2) is 84.9 Å². The van der Waals surface area contributed by atoms with Crippen molar-refractivity contribution in [3.8, 4) is 0 Å². The molecule has 30 heavy (non-hydrogen) atoms. The van der Waals surface area contributed by atoms with Gasteiger partial charge in [-0.2, -0.15) is 0 Å². The molecule has 0 saturated heterocycles. The fourth-order valence-electron chi connectivity index (χ4n) is 3.38. The number of benzene rings is 3. The zero-order valence-electron chi connectivity index (χ0n) is 16.4. The number of carboxylic acids is 1. The highest BCUT2D eigenvalue weighted by Gasteiger charge is 2.33. The van der Waals surface area contributed by atoms with E-state index >= 15 is 0 Å². The molecule has 0 bridgehead atoms. The van der Waals surface area contributed by atoms with E-state index in [1.165, 1.54) is 6.92 Å². The fourth-order valence-corrected chi connectivity index (χ4v) is 3.38. The first-order valence-corrected chi connectivity index (χ1v) is 9.47. The third-order valence-electron chi connectivity index (χ3n) is 4.69. The number of carbonyl (C=O) groups is 3. The van der Waals surface area contributed by atoms with Crippen molar-refractivity contribution in [2.24, 2.45) is 0 Å². The molecule has 0 spiro atoms. The molecular weight excluding hydrogens is 380 g/mol. The number of para-hydroxylation sites is 1. The molecule has 0 saturated carbocycles. The summed E-state index contributed by atoms with van der Waals surface area (Å²) in [5, 5.41) is 15.2. The first-order chi connectivity index (χ1) is 14.5. The van der Waals surface area contributed by atoms with Gasteiger partial charge in [0.05, 0.1) is 11.3 Å². The van der Waals surface area contributed by atoms with Gasteiger partial charge in [-0.15, -0.1) is 0 Å². The van der Waals surface area contributed by atoms with Crippen molar-refractivity contribution >= 4 is 23.5 Å². The molecule has 6 heteroatoms. The highest BCUT2D eigenvalue weighted by atomic mass is 16.4. The van der Waals surface area contributed by atoms with Crippen LogP contribution >= 0.6 is 0 Å². The minimum absolute atomic E-state index is 0.193. The summed E-state index contributed by atoms with van der Waals surface area (Å²) in [7, 11) is 0. The van der Waals surface area contributed by atoms with E-state index in [0.29, 0.717) is 5.69 Å². The number of aliphatic carboxylic acids is 1. The molecule has 0 aliphatic heterocycles. The third-order valence-corrected chi connectivity index (χ3v) is 4.69. The van der Waals surface area contributed by atoms with Crippen molar-refractivity contribution < 1.29 is 19.5 Å². The number of hydrogen-bond acceptors (Lipinski definition) is 3. The predicted octanol–water partition coefficient (Wildman–Crippen LogP) is 3.66. The van der Waals surface area contributed by atoms with E-state index in [2.05, 4.69) is 10.6 Å². The van der Waals surface area contributed by atoms with Gasteiger partial charge in [0.15, 0.2) is 0 Å². The molecule has 0 aliphatic carbocycles. The average Bonchev–Trinajstić information content (AvgIpc) is 2.74. The first kappa shape index (κ1) is 20.8. The van der Waals surface area contributed by atoms with Crippen molar-refractivity contribution in [1.82, 2.24) is 5.32 Å². The van der Waals surface area contributed by atoms with Gasteiger partial charge in [0.2, 0.25) is 5.91 Å². The maximum absolute atomic E-state index is 13.0. The predicted molar refractivity (Wildman–Crippen MR) is 114 cm³/mol. The number of anilines is 1. The molecule has 0 fully saturated rings. The maximum Gasteiger partial charge on any atom is 0.327 e. The van der Waals surface area contributed by atoms with Gasteiger partial charge in [0, 0.05) is 12.8 Å². The summed E-state index contributed by atoms with van der Waals surface area (Å²) in [6.07, 6.45) is 0. The van der Waals surface area contributed by atoms with Crippen LogP contribution in [0.1, 0.15) is 34.3 Å². The zero-order chi connectivity index (χ0) is 21.5. The second-order valence-electron chi connectivity index (χ2n) is 6.82. The topological polar surface area (TPSA) is 95.5 Å². The van der Waals surface area contributed by atoms with E-state index in [1.807, 2.05) is 60.7 Å². The lowest BCUT2D eigenvalue weighted by Crippen LogP contribution is -2.45. The molecule has 3 N–H and O–H groups in total. The molecule has 0 unspecified atom stereocenters. The Morgan fingerprint density at radius 2 is 1.27 bits per heavy atom. The molecule has 3 aromatic carbocycles. The number of nitrogens with one attached hydrogen (secondary N) is 2. The molecule has 152 valence electrons. The van der Waals surface area contributed by atoms with E-state index in [0.717, 1.165) is 11.1 Å². The van der Waals surface area contributed by atoms with Crippen LogP contribution in [0.25, 0.3) is 0 Å². The van der Waals surface area contributed by atoms with Gasteiger partial charge in [-0.25, -0.2) is 4.79 Å². The van der Waals surface area contributed by atoms with Gasteiger partial charge in [-0.3, -0.25) is 9.59 Å². The standard InChI is InChI=1S/C24H22N2O4/c1-16(27)25-20-15-9-8-14-19(20)23(28)26-22(24(29)30)21(17-10-4-2-5-11-17)18-12-6-3-7-13-18/h2-15,21-22H,1H3,(H,25,27)(H,26,28)(H,29,30)/t22-/m1/s1. The molecule has 1 atom stereocenters. The summed E-state index contributed by atoms with van der Waals surface area (Å²) in [5.74, 6) is -2.65. The normalized spacial score (nSPS) is 11.5. The van der Waals surface area contributed by atoms with Gasteiger partial charge < -0.3 is 15.7 Å². The lowest BCUT2D eigenvalue weighted by molar-refractivity contribution is -0.139. The summed E-state index contributed by atoms with van der Waals surface area (Å²) >= 11 is 0. The van der Waals surface area contributed by atoms with Gasteiger partial charge in [0.1, 0.15) is 6.04 Å². The van der Waals surface area contributed by atoms with Crippen LogP contribution in [-0.2, 0) is 9.59 Å². The van der Waals surface area contributed by atoms with E-state index < -0.39 is 23.8 Å². The monoisotopic (exact) mass is 402 g/mol. The molecule has 0 aliphatic rings. The summed E-state index contributed by atoms with van der Waals surface area (Å²) in [6.45, 7) is 1.34. The molecule has 2 amide bonds. The van der Waals surface area contributed by atoms with Crippen molar-refractivity contribution in [2.75, 3.05) is 5.32 Å². The van der Waals surface area contributed by atoms with Crippen molar-refractivity contribution in [2.45, 2.75) is 18.9 Å². The zero-order valence-corrected chi connectivity index (χ0v) is 16.4. The third kappa shape index (κ3) is 4.91. The second-order valence-corrected chi connectivity index (χ2v) is 6.82. The van der Waals surface area contributed by atoms with Gasteiger partial charge in [0.25, 0.3) is 5.91 Å². The van der Waals surface area contributed by atoms with Gasteiger partial charge in [-0.05, 0) is 23.3 Å². The second kappa shape index (κ2) is 9.52. The highest BCUT2D eigenvalue weighted by molar-refractivity contribution is 6.04. The van der Waals surface area contributed by atoms with Gasteiger partial charge >= 0.3 is 5.97 Å². The average molecular weight is 402 g/mol. The molecule has 0 heterocycles. The lowest BCUT2D eigenvalue weighted by Gasteiger charge is -2.26. The van der Waals surface area contributed by atoms with Crippen LogP contribution in [0.3, 0.4) is 0 Å². The van der Waals surface area contributed by atoms with E-state index in [-0.39, 0.29) is 11.5 Å². The Morgan fingerprint density at radius 1 is 0.767 bits per heavy atom. The Labute approximate surface area is 174 Å². The molecular formula is C24H22N2O4. The van der Waals surface area contributed by atoms with Crippen LogP contribution in [0.2, 0.25) is 0 Å². The Bertz CT molecular complexity index is 996. The summed E-state index contributed by atoms with van der Waals surface area (Å²) in [4.78, 5) is 36.7. The van der Waals surface area contributed by atoms with Crippen LogP contribution < -0.4 is 10.6 Å². The van der Waals surface area contributed by atoms with E-state index in [9.17, 15) is 19.5 Å². The Morgan fingerprint density at radius 3 is 1.77 bits per heavy atom. The van der Waals surface area contributed by atoms with E-state index in [4.69, 9.17) is 0 Å². The number of rotatable bonds is 7. The van der Waals surface area contributed by atoms with Crippen molar-refractivity contribution in [3.63, 3.8) is 0 Å². The Hall–Kier alpha value is -3.93. The lowest BCUT2D eigenvalue weighted by atomic mass is 9.85. The largest absolute Gasteiger partial charge is 0.480 e. The van der Waals surface area contributed by atoms with Crippen molar-refractivity contribution in [3.05, 3.63) is 102 Å². The Balaban J connectivity index is 1.99. The van der Waals surface area contributed by atoms with Crippen molar-refractivity contribution in [1.29, 1.82) is 0 Å². The molecule has 3 rings (SSSR count). The van der Waals surface area contributed by atoms with Gasteiger partial charge in [-0.1, -0.05) is 72.8 Å².